The molecule has 14 heavy (non-hydrogen) atoms. The second-order valence-corrected chi connectivity index (χ2v) is 5.18. The molecule has 0 fully saturated rings. The number of nitrogens with zero attached hydrogens (tertiary/aromatic N) is 1. The molecular weight excluding hydrogens is 178 g/mol. The second-order valence-electron chi connectivity index (χ2n) is 5.18. The summed E-state index contributed by atoms with van der Waals surface area (Å²) in [6.45, 7) is 9.07. The van der Waals surface area contributed by atoms with Crippen LogP contribution in [-0.2, 0) is 0 Å². The molecule has 0 amide bonds. The van der Waals surface area contributed by atoms with Gasteiger partial charge in [-0.3, -0.25) is 0 Å². The molecule has 0 radical (unpaired) electrons. The van der Waals surface area contributed by atoms with Gasteiger partial charge >= 0.3 is 0 Å². The van der Waals surface area contributed by atoms with E-state index in [0.717, 1.165) is 13.0 Å². The molecular formula is C11H25NO2. The molecule has 3 nitrogen and oxygen atoms in total. The first-order valence-corrected chi connectivity index (χ1v) is 5.28. The normalized spacial score (nSPS) is 17.1. The summed E-state index contributed by atoms with van der Waals surface area (Å²) >= 11 is 0. The van der Waals surface area contributed by atoms with Crippen molar-refractivity contribution in [3.05, 3.63) is 0 Å². The molecule has 2 atom stereocenters. The number of hydrogen-bond donors (Lipinski definition) is 2. The minimum absolute atomic E-state index is 0.0523. The highest BCUT2D eigenvalue weighted by atomic mass is 16.3. The molecule has 0 aromatic heterocycles. The SMILES string of the molecule is CC(CO)N(C)CCC(O)C(C)(C)C. The third kappa shape index (κ3) is 4.94. The zero-order valence-corrected chi connectivity index (χ0v) is 10.1. The first-order chi connectivity index (χ1) is 6.29. The lowest BCUT2D eigenvalue weighted by atomic mass is 9.87. The summed E-state index contributed by atoms with van der Waals surface area (Å²) in [7, 11) is 1.97. The lowest BCUT2D eigenvalue weighted by Crippen LogP contribution is -2.36. The van der Waals surface area contributed by atoms with Gasteiger partial charge in [0.1, 0.15) is 0 Å². The largest absolute Gasteiger partial charge is 0.395 e. The maximum Gasteiger partial charge on any atom is 0.0600 e. The second kappa shape index (κ2) is 5.69. The van der Waals surface area contributed by atoms with Crippen molar-refractivity contribution in [1.82, 2.24) is 4.90 Å². The van der Waals surface area contributed by atoms with Crippen molar-refractivity contribution < 1.29 is 10.2 Å². The zero-order chi connectivity index (χ0) is 11.4. The highest BCUT2D eigenvalue weighted by molar-refractivity contribution is 4.74. The number of rotatable bonds is 5. The molecule has 0 aliphatic carbocycles. The van der Waals surface area contributed by atoms with Crippen molar-refractivity contribution in [2.24, 2.45) is 5.41 Å². The Balaban J connectivity index is 3.83. The Morgan fingerprint density at radius 3 is 2.14 bits per heavy atom. The molecule has 0 spiro atoms. The monoisotopic (exact) mass is 203 g/mol. The van der Waals surface area contributed by atoms with E-state index in [4.69, 9.17) is 5.11 Å². The van der Waals surface area contributed by atoms with Crippen molar-refractivity contribution in [3.63, 3.8) is 0 Å². The van der Waals surface area contributed by atoms with Crippen LogP contribution in [0.2, 0.25) is 0 Å². The van der Waals surface area contributed by atoms with Gasteiger partial charge in [0.25, 0.3) is 0 Å². The summed E-state index contributed by atoms with van der Waals surface area (Å²) in [6, 6.07) is 0.169. The van der Waals surface area contributed by atoms with Crippen molar-refractivity contribution in [1.29, 1.82) is 0 Å². The predicted molar refractivity (Wildman–Crippen MR) is 59.3 cm³/mol. The van der Waals surface area contributed by atoms with Gasteiger partial charge in [-0.05, 0) is 25.8 Å². The Morgan fingerprint density at radius 1 is 1.29 bits per heavy atom. The first kappa shape index (κ1) is 13.9. The minimum Gasteiger partial charge on any atom is -0.395 e. The van der Waals surface area contributed by atoms with Crippen molar-refractivity contribution >= 4 is 0 Å². The third-order valence-electron chi connectivity index (χ3n) is 2.77. The van der Waals surface area contributed by atoms with Crippen LogP contribution in [0.3, 0.4) is 0 Å². The highest BCUT2D eigenvalue weighted by Crippen LogP contribution is 2.21. The number of likely N-dealkylation sites (N-methyl/N-ethyl adjacent to an activating group) is 1. The van der Waals surface area contributed by atoms with Gasteiger partial charge in [0.15, 0.2) is 0 Å². The Morgan fingerprint density at radius 2 is 1.79 bits per heavy atom. The van der Waals surface area contributed by atoms with Gasteiger partial charge in [0.05, 0.1) is 12.7 Å². The van der Waals surface area contributed by atoms with Crippen LogP contribution in [0.5, 0.6) is 0 Å². The van der Waals surface area contributed by atoms with Gasteiger partial charge in [-0.2, -0.15) is 0 Å². The van der Waals surface area contributed by atoms with Crippen LogP contribution in [0.1, 0.15) is 34.1 Å². The molecule has 0 aromatic carbocycles. The van der Waals surface area contributed by atoms with Crippen LogP contribution < -0.4 is 0 Å². The molecule has 3 heteroatoms. The quantitative estimate of drug-likeness (QED) is 0.703. The topological polar surface area (TPSA) is 43.7 Å². The van der Waals surface area contributed by atoms with Crippen LogP contribution >= 0.6 is 0 Å². The van der Waals surface area contributed by atoms with Gasteiger partial charge in [-0.1, -0.05) is 20.8 Å². The highest BCUT2D eigenvalue weighted by Gasteiger charge is 2.22. The average Bonchev–Trinajstić information content (AvgIpc) is 2.10. The summed E-state index contributed by atoms with van der Waals surface area (Å²) in [5, 5.41) is 18.7. The van der Waals surface area contributed by atoms with Crippen LogP contribution in [-0.4, -0.2) is 47.5 Å². The maximum absolute atomic E-state index is 9.80. The zero-order valence-electron chi connectivity index (χ0n) is 10.1. The lowest BCUT2D eigenvalue weighted by Gasteiger charge is -2.29. The van der Waals surface area contributed by atoms with E-state index in [1.54, 1.807) is 0 Å². The molecule has 2 N–H and O–H groups in total. The number of aliphatic hydroxyl groups excluding tert-OH is 2. The van der Waals surface area contributed by atoms with Gasteiger partial charge in [0.2, 0.25) is 0 Å². The van der Waals surface area contributed by atoms with E-state index >= 15 is 0 Å². The Hall–Kier alpha value is -0.120. The molecule has 0 aliphatic heterocycles. The fraction of sp³-hybridized carbons (Fsp3) is 1.00. The Bertz CT molecular complexity index is 154. The van der Waals surface area contributed by atoms with E-state index in [2.05, 4.69) is 4.90 Å². The molecule has 0 saturated heterocycles. The summed E-state index contributed by atoms with van der Waals surface area (Å²) in [5.74, 6) is 0. The number of aliphatic hydroxyl groups is 2. The van der Waals surface area contributed by atoms with E-state index in [1.165, 1.54) is 0 Å². The third-order valence-corrected chi connectivity index (χ3v) is 2.77. The van der Waals surface area contributed by atoms with Crippen molar-refractivity contribution in [3.8, 4) is 0 Å². The molecule has 0 aliphatic rings. The van der Waals surface area contributed by atoms with Gasteiger partial charge in [0, 0.05) is 12.6 Å². The fourth-order valence-electron chi connectivity index (χ4n) is 1.12. The standard InChI is InChI=1S/C11H25NO2/c1-9(8-13)12(5)7-6-10(14)11(2,3)4/h9-10,13-14H,6-8H2,1-5H3. The molecule has 2 unspecified atom stereocenters. The molecule has 0 bridgehead atoms. The minimum atomic E-state index is -0.282. The molecule has 0 aromatic rings. The van der Waals surface area contributed by atoms with E-state index in [9.17, 15) is 5.11 Å². The van der Waals surface area contributed by atoms with Crippen LogP contribution in [0.15, 0.2) is 0 Å². The van der Waals surface area contributed by atoms with E-state index < -0.39 is 0 Å². The maximum atomic E-state index is 9.80. The summed E-state index contributed by atoms with van der Waals surface area (Å²) in [4.78, 5) is 2.06. The van der Waals surface area contributed by atoms with Crippen molar-refractivity contribution in [2.75, 3.05) is 20.2 Å². The average molecular weight is 203 g/mol. The van der Waals surface area contributed by atoms with Gasteiger partial charge in [-0.15, -0.1) is 0 Å². The van der Waals surface area contributed by atoms with Gasteiger partial charge in [-0.25, -0.2) is 0 Å². The molecule has 86 valence electrons. The molecule has 0 saturated carbocycles. The van der Waals surface area contributed by atoms with Crippen molar-refractivity contribution in [2.45, 2.75) is 46.3 Å². The summed E-state index contributed by atoms with van der Waals surface area (Å²) < 4.78 is 0. The molecule has 0 rings (SSSR count). The van der Waals surface area contributed by atoms with Crippen LogP contribution in [0, 0.1) is 5.41 Å². The van der Waals surface area contributed by atoms with E-state index in [0.29, 0.717) is 0 Å². The van der Waals surface area contributed by atoms with Crippen LogP contribution in [0.4, 0.5) is 0 Å². The summed E-state index contributed by atoms with van der Waals surface area (Å²) in [5.41, 5.74) is -0.0523. The van der Waals surface area contributed by atoms with Crippen LogP contribution in [0.25, 0.3) is 0 Å². The smallest absolute Gasteiger partial charge is 0.0600 e. The van der Waals surface area contributed by atoms with Gasteiger partial charge < -0.3 is 15.1 Å². The Kier molecular flexibility index (Phi) is 5.64. The fourth-order valence-corrected chi connectivity index (χ4v) is 1.12. The summed E-state index contributed by atoms with van der Waals surface area (Å²) in [6.07, 6.45) is 0.473. The molecule has 0 heterocycles. The lowest BCUT2D eigenvalue weighted by molar-refractivity contribution is 0.0414. The number of hydrogen-bond acceptors (Lipinski definition) is 3. The van der Waals surface area contributed by atoms with E-state index in [1.807, 2.05) is 34.7 Å². The first-order valence-electron chi connectivity index (χ1n) is 5.28. The Labute approximate surface area is 87.7 Å². The predicted octanol–water partition coefficient (Wildman–Crippen LogP) is 1.10. The van der Waals surface area contributed by atoms with E-state index in [-0.39, 0.29) is 24.2 Å².